The molecule has 0 spiro atoms. The number of carbonyl (C=O) groups is 2. The van der Waals surface area contributed by atoms with Gasteiger partial charge in [0.2, 0.25) is 5.91 Å². The van der Waals surface area contributed by atoms with Crippen LogP contribution >= 0.6 is 11.8 Å². The number of aromatic carboxylic acids is 1. The summed E-state index contributed by atoms with van der Waals surface area (Å²) in [6.45, 7) is 1.59. The molecule has 1 aromatic rings. The molecular weight excluding hydrogens is 286 g/mol. The molecule has 1 aliphatic rings. The van der Waals surface area contributed by atoms with E-state index >= 15 is 0 Å². The summed E-state index contributed by atoms with van der Waals surface area (Å²) in [6, 6.07) is 7.05. The highest BCUT2D eigenvalue weighted by molar-refractivity contribution is 7.98. The molecule has 0 unspecified atom stereocenters. The van der Waals surface area contributed by atoms with Crippen molar-refractivity contribution in [1.82, 2.24) is 4.90 Å². The van der Waals surface area contributed by atoms with E-state index < -0.39 is 5.97 Å². The van der Waals surface area contributed by atoms with E-state index in [0.717, 1.165) is 37.2 Å². The van der Waals surface area contributed by atoms with Gasteiger partial charge in [-0.3, -0.25) is 4.79 Å². The van der Waals surface area contributed by atoms with Crippen molar-refractivity contribution in [2.75, 3.05) is 25.1 Å². The zero-order valence-corrected chi connectivity index (χ0v) is 13.1. The van der Waals surface area contributed by atoms with E-state index in [-0.39, 0.29) is 5.91 Å². The number of carbonyl (C=O) groups excluding carboxylic acids is 1. The van der Waals surface area contributed by atoms with Gasteiger partial charge in [-0.15, -0.1) is 0 Å². The fourth-order valence-corrected chi connectivity index (χ4v) is 3.10. The summed E-state index contributed by atoms with van der Waals surface area (Å²) in [6.07, 6.45) is 4.68. The van der Waals surface area contributed by atoms with Crippen LogP contribution in [0.1, 0.15) is 41.1 Å². The number of nitrogens with zero attached hydrogens (tertiary/aromatic N) is 1. The van der Waals surface area contributed by atoms with E-state index in [9.17, 15) is 9.59 Å². The third-order valence-corrected chi connectivity index (χ3v) is 4.54. The van der Waals surface area contributed by atoms with E-state index in [1.165, 1.54) is 0 Å². The highest BCUT2D eigenvalue weighted by Gasteiger charge is 2.24. The Morgan fingerprint density at radius 1 is 1.33 bits per heavy atom. The molecule has 0 aliphatic carbocycles. The topological polar surface area (TPSA) is 57.6 Å². The molecule has 1 aliphatic heterocycles. The molecule has 4 nitrogen and oxygen atoms in total. The monoisotopic (exact) mass is 307 g/mol. The minimum atomic E-state index is -0.904. The van der Waals surface area contributed by atoms with Crippen molar-refractivity contribution >= 4 is 23.6 Å². The summed E-state index contributed by atoms with van der Waals surface area (Å²) in [7, 11) is 0. The molecule has 1 aromatic carbocycles. The minimum Gasteiger partial charge on any atom is -0.478 e. The van der Waals surface area contributed by atoms with Gasteiger partial charge in [0, 0.05) is 31.2 Å². The molecular formula is C16H21NO3S. The summed E-state index contributed by atoms with van der Waals surface area (Å²) in [5.41, 5.74) is 1.44. The predicted molar refractivity (Wildman–Crippen MR) is 85.0 cm³/mol. The molecule has 1 atom stereocenters. The normalized spacial score (nSPS) is 18.5. The van der Waals surface area contributed by atoms with Crippen LogP contribution in [0.15, 0.2) is 24.3 Å². The SMILES string of the molecule is CSCCC(=O)N1CCC[C@H](c2ccc(C(=O)O)cc2)C1. The number of hydrogen-bond donors (Lipinski definition) is 1. The first-order valence-corrected chi connectivity index (χ1v) is 8.61. The number of rotatable bonds is 5. The van der Waals surface area contributed by atoms with Crippen LogP contribution in [-0.4, -0.2) is 47.0 Å². The van der Waals surface area contributed by atoms with Gasteiger partial charge in [0.25, 0.3) is 0 Å². The number of carboxylic acids is 1. The molecule has 1 saturated heterocycles. The molecule has 0 bridgehead atoms. The molecule has 1 amide bonds. The van der Waals surface area contributed by atoms with Crippen LogP contribution in [0.5, 0.6) is 0 Å². The number of piperidine rings is 1. The Kier molecular flexibility index (Phi) is 5.67. The number of amides is 1. The molecule has 2 rings (SSSR count). The van der Waals surface area contributed by atoms with Crippen LogP contribution < -0.4 is 0 Å². The van der Waals surface area contributed by atoms with Crippen LogP contribution in [0.2, 0.25) is 0 Å². The van der Waals surface area contributed by atoms with Crippen molar-refractivity contribution in [2.24, 2.45) is 0 Å². The second-order valence-corrected chi connectivity index (χ2v) is 6.33. The molecule has 0 radical (unpaired) electrons. The maximum atomic E-state index is 12.1. The van der Waals surface area contributed by atoms with Crippen molar-refractivity contribution in [3.8, 4) is 0 Å². The lowest BCUT2D eigenvalue weighted by Crippen LogP contribution is -2.39. The number of hydrogen-bond acceptors (Lipinski definition) is 3. The highest BCUT2D eigenvalue weighted by atomic mass is 32.2. The zero-order valence-electron chi connectivity index (χ0n) is 12.2. The fraction of sp³-hybridized carbons (Fsp3) is 0.500. The first-order chi connectivity index (χ1) is 10.1. The predicted octanol–water partition coefficient (Wildman–Crippen LogP) is 2.84. The number of benzene rings is 1. The fourth-order valence-electron chi connectivity index (χ4n) is 2.72. The summed E-state index contributed by atoms with van der Waals surface area (Å²) in [5.74, 6) is 0.517. The van der Waals surface area contributed by atoms with Crippen LogP contribution in [0, 0.1) is 0 Å². The van der Waals surface area contributed by atoms with Crippen molar-refractivity contribution < 1.29 is 14.7 Å². The number of carboxylic acid groups (broad SMARTS) is 1. The number of likely N-dealkylation sites (tertiary alicyclic amines) is 1. The van der Waals surface area contributed by atoms with Gasteiger partial charge in [0.1, 0.15) is 0 Å². The first kappa shape index (κ1) is 15.9. The van der Waals surface area contributed by atoms with Crippen LogP contribution in [0.25, 0.3) is 0 Å². The second kappa shape index (κ2) is 7.50. The third-order valence-electron chi connectivity index (χ3n) is 3.92. The quantitative estimate of drug-likeness (QED) is 0.909. The lowest BCUT2D eigenvalue weighted by atomic mass is 9.90. The van der Waals surface area contributed by atoms with Gasteiger partial charge in [-0.25, -0.2) is 4.79 Å². The molecule has 0 saturated carbocycles. The van der Waals surface area contributed by atoms with Gasteiger partial charge < -0.3 is 10.0 Å². The van der Waals surface area contributed by atoms with E-state index in [1.807, 2.05) is 23.3 Å². The largest absolute Gasteiger partial charge is 0.478 e. The minimum absolute atomic E-state index is 0.233. The van der Waals surface area contributed by atoms with Gasteiger partial charge in [-0.05, 0) is 36.8 Å². The van der Waals surface area contributed by atoms with Gasteiger partial charge in [0.05, 0.1) is 5.56 Å². The van der Waals surface area contributed by atoms with Crippen molar-refractivity contribution in [3.05, 3.63) is 35.4 Å². The Balaban J connectivity index is 2.00. The summed E-state index contributed by atoms with van der Waals surface area (Å²) < 4.78 is 0. The van der Waals surface area contributed by atoms with E-state index in [4.69, 9.17) is 5.11 Å². The zero-order chi connectivity index (χ0) is 15.2. The Labute approximate surface area is 129 Å². The van der Waals surface area contributed by atoms with Gasteiger partial charge >= 0.3 is 5.97 Å². The molecule has 5 heteroatoms. The van der Waals surface area contributed by atoms with Crippen LogP contribution in [0.4, 0.5) is 0 Å². The van der Waals surface area contributed by atoms with Gasteiger partial charge in [-0.2, -0.15) is 11.8 Å². The Morgan fingerprint density at radius 2 is 2.05 bits per heavy atom. The second-order valence-electron chi connectivity index (χ2n) is 5.35. The first-order valence-electron chi connectivity index (χ1n) is 7.21. The molecule has 0 aromatic heterocycles. The van der Waals surface area contributed by atoms with Crippen LogP contribution in [-0.2, 0) is 4.79 Å². The standard InChI is InChI=1S/C16H21NO3S/c1-21-10-8-15(18)17-9-2-3-14(11-17)12-4-6-13(7-5-12)16(19)20/h4-7,14H,2-3,8-11H2,1H3,(H,19,20)/t14-/m0/s1. The average molecular weight is 307 g/mol. The van der Waals surface area contributed by atoms with Crippen molar-refractivity contribution in [2.45, 2.75) is 25.2 Å². The van der Waals surface area contributed by atoms with E-state index in [0.29, 0.717) is 17.9 Å². The molecule has 1 fully saturated rings. The van der Waals surface area contributed by atoms with Crippen molar-refractivity contribution in [3.63, 3.8) is 0 Å². The summed E-state index contributed by atoms with van der Waals surface area (Å²) >= 11 is 1.69. The van der Waals surface area contributed by atoms with E-state index in [1.54, 1.807) is 23.9 Å². The lowest BCUT2D eigenvalue weighted by molar-refractivity contribution is -0.131. The Hall–Kier alpha value is -1.49. The third kappa shape index (κ3) is 4.24. The Morgan fingerprint density at radius 3 is 2.67 bits per heavy atom. The lowest BCUT2D eigenvalue weighted by Gasteiger charge is -2.33. The highest BCUT2D eigenvalue weighted by Crippen LogP contribution is 2.27. The smallest absolute Gasteiger partial charge is 0.335 e. The van der Waals surface area contributed by atoms with Crippen LogP contribution in [0.3, 0.4) is 0 Å². The molecule has 21 heavy (non-hydrogen) atoms. The molecule has 1 N–H and O–H groups in total. The maximum Gasteiger partial charge on any atom is 0.335 e. The molecule has 114 valence electrons. The number of thioether (sulfide) groups is 1. The average Bonchev–Trinajstić information content (AvgIpc) is 2.52. The maximum absolute atomic E-state index is 12.1. The van der Waals surface area contributed by atoms with Gasteiger partial charge in [0.15, 0.2) is 0 Å². The Bertz CT molecular complexity index is 501. The summed E-state index contributed by atoms with van der Waals surface area (Å²) in [5, 5.41) is 8.93. The van der Waals surface area contributed by atoms with Gasteiger partial charge in [-0.1, -0.05) is 12.1 Å². The summed E-state index contributed by atoms with van der Waals surface area (Å²) in [4.78, 5) is 24.9. The molecule has 1 heterocycles. The van der Waals surface area contributed by atoms with Crippen molar-refractivity contribution in [1.29, 1.82) is 0 Å². The van der Waals surface area contributed by atoms with E-state index in [2.05, 4.69) is 0 Å².